The highest BCUT2D eigenvalue weighted by Gasteiger charge is 2.17. The molecule has 0 spiro atoms. The highest BCUT2D eigenvalue weighted by atomic mass is 35.5. The van der Waals surface area contributed by atoms with E-state index in [1.807, 2.05) is 0 Å². The summed E-state index contributed by atoms with van der Waals surface area (Å²) < 4.78 is 1.40. The smallest absolute Gasteiger partial charge is 0.290 e. The third kappa shape index (κ3) is 2.31. The van der Waals surface area contributed by atoms with Crippen LogP contribution >= 0.6 is 11.6 Å². The van der Waals surface area contributed by atoms with E-state index in [9.17, 15) is 10.1 Å². The van der Waals surface area contributed by atoms with Crippen LogP contribution < -0.4 is 5.73 Å². The second kappa shape index (κ2) is 5.11. The van der Waals surface area contributed by atoms with E-state index in [0.717, 1.165) is 0 Å². The first kappa shape index (κ1) is 12.5. The number of hydrogen-bond donors (Lipinski definition) is 1. The second-order valence-corrected chi connectivity index (χ2v) is 3.94. The van der Waals surface area contributed by atoms with Crippen LogP contribution in [0.5, 0.6) is 0 Å². The molecule has 1 heterocycles. The lowest BCUT2D eigenvalue weighted by atomic mass is 10.3. The van der Waals surface area contributed by atoms with Crippen LogP contribution in [-0.2, 0) is 6.42 Å². The third-order valence-corrected chi connectivity index (χ3v) is 2.73. The van der Waals surface area contributed by atoms with Gasteiger partial charge in [0.1, 0.15) is 5.02 Å². The van der Waals surface area contributed by atoms with Crippen LogP contribution in [0.2, 0.25) is 5.02 Å². The Morgan fingerprint density at radius 3 is 2.94 bits per heavy atom. The molecule has 1 aromatic carbocycles. The zero-order chi connectivity index (χ0) is 13.1. The molecule has 8 heteroatoms. The van der Waals surface area contributed by atoms with Gasteiger partial charge in [0.25, 0.3) is 5.69 Å². The van der Waals surface area contributed by atoms with Crippen LogP contribution in [0.25, 0.3) is 5.69 Å². The first-order valence-electron chi connectivity index (χ1n) is 5.18. The van der Waals surface area contributed by atoms with Gasteiger partial charge in [0.2, 0.25) is 0 Å². The maximum atomic E-state index is 10.8. The molecule has 1 aromatic heterocycles. The average Bonchev–Trinajstić information content (AvgIpc) is 2.78. The van der Waals surface area contributed by atoms with Crippen molar-refractivity contribution in [1.82, 2.24) is 15.0 Å². The monoisotopic (exact) mass is 267 g/mol. The van der Waals surface area contributed by atoms with Gasteiger partial charge in [-0.05, 0) is 12.6 Å². The summed E-state index contributed by atoms with van der Waals surface area (Å²) in [4.78, 5) is 10.2. The molecular weight excluding hydrogens is 258 g/mol. The Balaban J connectivity index is 2.43. The number of nitrogens with two attached hydrogens (primary N) is 1. The van der Waals surface area contributed by atoms with Crippen LogP contribution in [-0.4, -0.2) is 26.5 Å². The van der Waals surface area contributed by atoms with Crippen molar-refractivity contribution in [2.75, 3.05) is 6.54 Å². The van der Waals surface area contributed by atoms with Crippen LogP contribution in [0.15, 0.2) is 24.4 Å². The Hall–Kier alpha value is -1.99. The number of aromatic nitrogens is 3. The first-order chi connectivity index (χ1) is 8.63. The molecule has 0 aliphatic rings. The summed E-state index contributed by atoms with van der Waals surface area (Å²) in [5, 5.41) is 18.6. The van der Waals surface area contributed by atoms with Crippen molar-refractivity contribution in [2.45, 2.75) is 6.42 Å². The summed E-state index contributed by atoms with van der Waals surface area (Å²) in [6.45, 7) is 0.460. The molecule has 0 amide bonds. The van der Waals surface area contributed by atoms with Gasteiger partial charge in [0, 0.05) is 12.5 Å². The van der Waals surface area contributed by atoms with Crippen LogP contribution in [0, 0.1) is 10.1 Å². The minimum Gasteiger partial charge on any atom is -0.330 e. The van der Waals surface area contributed by atoms with Crippen molar-refractivity contribution in [1.29, 1.82) is 0 Å². The SMILES string of the molecule is NCCc1cn(-c2cccc([N+](=O)[O-])c2Cl)nn1. The normalized spacial score (nSPS) is 10.6. The fraction of sp³-hybridized carbons (Fsp3) is 0.200. The van der Waals surface area contributed by atoms with Gasteiger partial charge >= 0.3 is 0 Å². The predicted octanol–water partition coefficient (Wildman–Crippen LogP) is 1.33. The fourth-order valence-corrected chi connectivity index (χ4v) is 1.79. The first-order valence-corrected chi connectivity index (χ1v) is 5.56. The van der Waals surface area contributed by atoms with E-state index >= 15 is 0 Å². The Bertz CT molecular complexity index is 583. The van der Waals surface area contributed by atoms with Gasteiger partial charge in [-0.3, -0.25) is 10.1 Å². The number of halogens is 1. The number of hydrogen-bond acceptors (Lipinski definition) is 5. The molecule has 2 rings (SSSR count). The van der Waals surface area contributed by atoms with Gasteiger partial charge in [-0.2, -0.15) is 0 Å². The molecule has 0 aliphatic carbocycles. The van der Waals surface area contributed by atoms with Gasteiger partial charge in [-0.25, -0.2) is 4.68 Å². The van der Waals surface area contributed by atoms with Gasteiger partial charge in [-0.1, -0.05) is 22.9 Å². The number of nitro groups is 1. The van der Waals surface area contributed by atoms with Crippen molar-refractivity contribution in [2.24, 2.45) is 5.73 Å². The van der Waals surface area contributed by atoms with E-state index < -0.39 is 4.92 Å². The predicted molar refractivity (Wildman–Crippen MR) is 65.8 cm³/mol. The van der Waals surface area contributed by atoms with E-state index in [2.05, 4.69) is 10.3 Å². The Labute approximate surface area is 107 Å². The molecule has 2 aromatic rings. The fourth-order valence-electron chi connectivity index (χ4n) is 1.50. The quantitative estimate of drug-likeness (QED) is 0.665. The van der Waals surface area contributed by atoms with E-state index in [1.54, 1.807) is 18.3 Å². The van der Waals surface area contributed by atoms with Crippen molar-refractivity contribution in [3.63, 3.8) is 0 Å². The molecule has 0 saturated heterocycles. The summed E-state index contributed by atoms with van der Waals surface area (Å²) in [5.41, 5.74) is 6.37. The Morgan fingerprint density at radius 2 is 2.28 bits per heavy atom. The Morgan fingerprint density at radius 1 is 1.50 bits per heavy atom. The standard InChI is InChI=1S/C10H10ClN5O2/c11-10-8(2-1-3-9(10)16(17)18)15-6-7(4-5-12)13-14-15/h1-3,6H,4-5,12H2. The molecule has 0 atom stereocenters. The molecule has 0 fully saturated rings. The van der Waals surface area contributed by atoms with Gasteiger partial charge < -0.3 is 5.73 Å². The van der Waals surface area contributed by atoms with Gasteiger partial charge in [0.05, 0.1) is 22.5 Å². The number of nitrogens with zero attached hydrogens (tertiary/aromatic N) is 4. The molecule has 2 N–H and O–H groups in total. The van der Waals surface area contributed by atoms with Crippen LogP contribution in [0.3, 0.4) is 0 Å². The number of rotatable bonds is 4. The number of nitro benzene ring substituents is 1. The topological polar surface area (TPSA) is 99.9 Å². The Kier molecular flexibility index (Phi) is 3.54. The zero-order valence-corrected chi connectivity index (χ0v) is 10.0. The highest BCUT2D eigenvalue weighted by Crippen LogP contribution is 2.29. The molecule has 94 valence electrons. The number of benzene rings is 1. The molecule has 0 radical (unpaired) electrons. The summed E-state index contributed by atoms with van der Waals surface area (Å²) in [7, 11) is 0. The lowest BCUT2D eigenvalue weighted by Crippen LogP contribution is -2.02. The van der Waals surface area contributed by atoms with E-state index in [-0.39, 0.29) is 10.7 Å². The summed E-state index contributed by atoms with van der Waals surface area (Å²) in [6, 6.07) is 4.52. The molecule has 7 nitrogen and oxygen atoms in total. The lowest BCUT2D eigenvalue weighted by Gasteiger charge is -2.03. The van der Waals surface area contributed by atoms with Crippen LogP contribution in [0.1, 0.15) is 5.69 Å². The van der Waals surface area contributed by atoms with Crippen molar-refractivity contribution in [3.8, 4) is 5.69 Å². The average molecular weight is 268 g/mol. The second-order valence-electron chi connectivity index (χ2n) is 3.56. The van der Waals surface area contributed by atoms with E-state index in [1.165, 1.54) is 10.7 Å². The molecule has 18 heavy (non-hydrogen) atoms. The summed E-state index contributed by atoms with van der Waals surface area (Å²) >= 11 is 5.97. The maximum absolute atomic E-state index is 10.8. The molecule has 0 aliphatic heterocycles. The van der Waals surface area contributed by atoms with E-state index in [0.29, 0.717) is 24.3 Å². The van der Waals surface area contributed by atoms with Crippen molar-refractivity contribution in [3.05, 3.63) is 45.2 Å². The molecule has 0 saturated carbocycles. The van der Waals surface area contributed by atoms with Gasteiger partial charge in [-0.15, -0.1) is 5.10 Å². The van der Waals surface area contributed by atoms with Crippen molar-refractivity contribution < 1.29 is 4.92 Å². The zero-order valence-electron chi connectivity index (χ0n) is 9.28. The summed E-state index contributed by atoms with van der Waals surface area (Å²) in [5.74, 6) is 0. The maximum Gasteiger partial charge on any atom is 0.290 e. The minimum absolute atomic E-state index is 0.0340. The largest absolute Gasteiger partial charge is 0.330 e. The molecule has 0 bridgehead atoms. The van der Waals surface area contributed by atoms with Crippen molar-refractivity contribution >= 4 is 17.3 Å². The molecular formula is C10H10ClN5O2. The third-order valence-electron chi connectivity index (χ3n) is 2.34. The highest BCUT2D eigenvalue weighted by molar-refractivity contribution is 6.34. The van der Waals surface area contributed by atoms with Gasteiger partial charge in [0.15, 0.2) is 0 Å². The van der Waals surface area contributed by atoms with Crippen LogP contribution in [0.4, 0.5) is 5.69 Å². The summed E-state index contributed by atoms with van der Waals surface area (Å²) in [6.07, 6.45) is 2.24. The lowest BCUT2D eigenvalue weighted by molar-refractivity contribution is -0.384. The minimum atomic E-state index is -0.538. The molecule has 0 unspecified atom stereocenters. The van der Waals surface area contributed by atoms with E-state index in [4.69, 9.17) is 17.3 Å².